The summed E-state index contributed by atoms with van der Waals surface area (Å²) < 4.78 is 5.36. The topological polar surface area (TPSA) is 38.5 Å². The first kappa shape index (κ1) is 24.9. The molecule has 1 aliphatic rings. The second-order valence-electron chi connectivity index (χ2n) is 8.33. The predicted molar refractivity (Wildman–Crippen MR) is 140 cm³/mol. The molecule has 1 atom stereocenters. The van der Waals surface area contributed by atoms with E-state index in [1.165, 1.54) is 24.0 Å². The van der Waals surface area contributed by atoms with Gasteiger partial charge in [0.15, 0.2) is 0 Å². The van der Waals surface area contributed by atoms with Crippen LogP contribution >= 0.6 is 11.6 Å². The van der Waals surface area contributed by atoms with E-state index in [1.54, 1.807) is 13.3 Å². The van der Waals surface area contributed by atoms with E-state index in [2.05, 4.69) is 47.6 Å². The van der Waals surface area contributed by atoms with Gasteiger partial charge in [-0.05, 0) is 66.3 Å². The van der Waals surface area contributed by atoms with Crippen molar-refractivity contribution in [2.24, 2.45) is 5.73 Å². The van der Waals surface area contributed by atoms with Gasteiger partial charge in [-0.25, -0.2) is 0 Å². The molecule has 2 N–H and O–H groups in total. The minimum Gasteiger partial charge on any atom is -0.404 e. The molecule has 2 aromatic carbocycles. The number of rotatable bonds is 9. The molecule has 1 heterocycles. The van der Waals surface area contributed by atoms with Crippen molar-refractivity contribution in [3.8, 4) is 11.8 Å². The number of aryl methyl sites for hydroxylation is 1. The fourth-order valence-corrected chi connectivity index (χ4v) is 4.16. The molecule has 0 aliphatic carbocycles. The molecule has 2 aromatic rings. The number of halogens is 1. The van der Waals surface area contributed by atoms with Gasteiger partial charge in [0.25, 0.3) is 0 Å². The summed E-state index contributed by atoms with van der Waals surface area (Å²) in [4.78, 5) is 2.53. The van der Waals surface area contributed by atoms with Crippen LogP contribution in [0.4, 0.5) is 0 Å². The number of hydrogen-bond donors (Lipinski definition) is 1. The Morgan fingerprint density at radius 3 is 2.58 bits per heavy atom. The van der Waals surface area contributed by atoms with Crippen molar-refractivity contribution in [1.82, 2.24) is 4.90 Å². The van der Waals surface area contributed by atoms with Crippen molar-refractivity contribution in [2.75, 3.05) is 20.3 Å². The van der Waals surface area contributed by atoms with Crippen LogP contribution in [0.25, 0.3) is 5.57 Å². The van der Waals surface area contributed by atoms with Crippen LogP contribution in [0.15, 0.2) is 79.0 Å². The average Bonchev–Trinajstić information content (AvgIpc) is 3.26. The van der Waals surface area contributed by atoms with E-state index in [1.807, 2.05) is 36.4 Å². The molecule has 1 saturated heterocycles. The molecule has 4 heteroatoms. The minimum absolute atomic E-state index is 0.551. The largest absolute Gasteiger partial charge is 0.404 e. The lowest BCUT2D eigenvalue weighted by atomic mass is 10.1. The summed E-state index contributed by atoms with van der Waals surface area (Å²) in [6.45, 7) is 7.01. The summed E-state index contributed by atoms with van der Waals surface area (Å²) in [6.07, 6.45) is 9.61. The zero-order valence-corrected chi connectivity index (χ0v) is 20.2. The van der Waals surface area contributed by atoms with Gasteiger partial charge < -0.3 is 10.5 Å². The maximum absolute atomic E-state index is 5.95. The van der Waals surface area contributed by atoms with Crippen LogP contribution in [0.1, 0.15) is 36.0 Å². The lowest BCUT2D eigenvalue weighted by Gasteiger charge is -2.23. The van der Waals surface area contributed by atoms with Crippen molar-refractivity contribution in [3.05, 3.63) is 101 Å². The number of benzene rings is 2. The first-order valence-electron chi connectivity index (χ1n) is 11.4. The highest BCUT2D eigenvalue weighted by Gasteiger charge is 2.24. The Morgan fingerprint density at radius 2 is 1.88 bits per heavy atom. The van der Waals surface area contributed by atoms with Crippen LogP contribution in [0, 0.1) is 11.8 Å². The van der Waals surface area contributed by atoms with Crippen LogP contribution in [0.3, 0.4) is 0 Å². The number of likely N-dealkylation sites (tertiary alicyclic amines) is 1. The Labute approximate surface area is 203 Å². The van der Waals surface area contributed by atoms with Gasteiger partial charge in [0.2, 0.25) is 0 Å². The Hall–Kier alpha value is -2.77. The van der Waals surface area contributed by atoms with Gasteiger partial charge in [-0.2, -0.15) is 0 Å². The Morgan fingerprint density at radius 1 is 1.15 bits per heavy atom. The Kier molecular flexibility index (Phi) is 9.84. The number of allylic oxidation sites excluding steroid dienone is 4. The van der Waals surface area contributed by atoms with Crippen molar-refractivity contribution >= 4 is 17.2 Å². The number of hydrogen-bond acceptors (Lipinski definition) is 3. The maximum atomic E-state index is 5.95. The number of ether oxygens (including phenoxy) is 1. The fraction of sp³-hybridized carbons (Fsp3) is 0.310. The van der Waals surface area contributed by atoms with Crippen LogP contribution < -0.4 is 5.73 Å². The smallest absolute Gasteiger partial charge is 0.0618 e. The summed E-state index contributed by atoms with van der Waals surface area (Å²) >= 11 is 5.95. The Balaban J connectivity index is 1.45. The van der Waals surface area contributed by atoms with E-state index in [0.29, 0.717) is 11.1 Å². The van der Waals surface area contributed by atoms with Gasteiger partial charge in [0.1, 0.15) is 0 Å². The molecular formula is C29H33ClN2O. The van der Waals surface area contributed by atoms with E-state index in [9.17, 15) is 0 Å². The number of nitrogens with zero attached hydrogens (tertiary/aromatic N) is 1. The summed E-state index contributed by atoms with van der Waals surface area (Å²) in [5, 5.41) is 0.700. The molecule has 0 aromatic heterocycles. The monoisotopic (exact) mass is 460 g/mol. The van der Waals surface area contributed by atoms with E-state index < -0.39 is 0 Å². The molecular weight excluding hydrogens is 428 g/mol. The summed E-state index contributed by atoms with van der Waals surface area (Å²) in [5.41, 5.74) is 11.1. The van der Waals surface area contributed by atoms with Gasteiger partial charge in [-0.3, -0.25) is 4.90 Å². The predicted octanol–water partition coefficient (Wildman–Crippen LogP) is 6.00. The second-order valence-corrected chi connectivity index (χ2v) is 8.76. The van der Waals surface area contributed by atoms with Gasteiger partial charge in [-0.15, -0.1) is 0 Å². The normalized spacial score (nSPS) is 16.7. The minimum atomic E-state index is 0.551. The zero-order chi connectivity index (χ0) is 23.5. The molecule has 33 heavy (non-hydrogen) atoms. The average molecular weight is 461 g/mol. The number of nitrogens with two attached hydrogens (primary N) is 1. The van der Waals surface area contributed by atoms with Gasteiger partial charge in [-0.1, -0.05) is 72.5 Å². The summed E-state index contributed by atoms with van der Waals surface area (Å²) in [5.74, 6) is 6.36. The molecule has 3 nitrogen and oxygen atoms in total. The molecule has 0 amide bonds. The van der Waals surface area contributed by atoms with Crippen molar-refractivity contribution in [1.29, 1.82) is 0 Å². The molecule has 0 saturated carbocycles. The third kappa shape index (κ3) is 7.94. The van der Waals surface area contributed by atoms with E-state index >= 15 is 0 Å². The molecule has 172 valence electrons. The first-order valence-corrected chi connectivity index (χ1v) is 11.8. The number of methoxy groups -OCH3 is 1. The third-order valence-corrected chi connectivity index (χ3v) is 6.13. The van der Waals surface area contributed by atoms with Crippen molar-refractivity contribution in [2.45, 2.75) is 38.3 Å². The second kappa shape index (κ2) is 13.1. The molecule has 0 unspecified atom stereocenters. The highest BCUT2D eigenvalue weighted by Crippen LogP contribution is 2.21. The zero-order valence-electron chi connectivity index (χ0n) is 19.4. The van der Waals surface area contributed by atoms with E-state index in [4.69, 9.17) is 22.1 Å². The fourth-order valence-electron chi connectivity index (χ4n) is 4.04. The summed E-state index contributed by atoms with van der Waals surface area (Å²) in [6, 6.07) is 17.0. The van der Waals surface area contributed by atoms with Gasteiger partial charge in [0.05, 0.1) is 6.61 Å². The summed E-state index contributed by atoms with van der Waals surface area (Å²) in [7, 11) is 1.79. The quantitative estimate of drug-likeness (QED) is 0.368. The third-order valence-electron chi connectivity index (χ3n) is 5.88. The molecule has 3 rings (SSSR count). The molecule has 0 bridgehead atoms. The standard InChI is InChI=1S/C29H33ClN2O/c1-23(9-14-27(20-31)26-15-17-28(30)18-16-26)6-3-4-7-24-10-12-25(13-11-24)21-32-19-5-8-29(32)22-33-2/h9-18,20,29H,1,4-5,7-8,19,21-22,31H2,2H3/b14-9-,27-20+/t29-/m1/s1. The van der Waals surface area contributed by atoms with Crippen LogP contribution in [0.5, 0.6) is 0 Å². The SMILES string of the molecule is C=C(C#CCCc1ccc(CN2CCC[C@@H]2COC)cc1)/C=C\C(=C/N)c1ccc(Cl)cc1. The molecule has 0 spiro atoms. The van der Waals surface area contributed by atoms with Crippen molar-refractivity contribution < 1.29 is 4.74 Å². The van der Waals surface area contributed by atoms with E-state index in [-0.39, 0.29) is 0 Å². The van der Waals surface area contributed by atoms with Crippen molar-refractivity contribution in [3.63, 3.8) is 0 Å². The van der Waals surface area contributed by atoms with Crippen LogP contribution in [-0.2, 0) is 17.7 Å². The molecule has 1 fully saturated rings. The van der Waals surface area contributed by atoms with Gasteiger partial charge >= 0.3 is 0 Å². The van der Waals surface area contributed by atoms with E-state index in [0.717, 1.165) is 49.2 Å². The van der Waals surface area contributed by atoms with Gasteiger partial charge in [0, 0.05) is 42.9 Å². The van der Waals surface area contributed by atoms with Crippen LogP contribution in [-0.4, -0.2) is 31.2 Å². The molecule has 1 aliphatic heterocycles. The first-order chi connectivity index (χ1) is 16.1. The van der Waals surface area contributed by atoms with Crippen LogP contribution in [0.2, 0.25) is 5.02 Å². The highest BCUT2D eigenvalue weighted by atomic mass is 35.5. The maximum Gasteiger partial charge on any atom is 0.0618 e. The highest BCUT2D eigenvalue weighted by molar-refractivity contribution is 6.30. The lowest BCUT2D eigenvalue weighted by Crippen LogP contribution is -2.32. The Bertz CT molecular complexity index is 1030. The molecule has 0 radical (unpaired) electrons. The lowest BCUT2D eigenvalue weighted by molar-refractivity contribution is 0.112.